The molecule has 108 valence electrons. The van der Waals surface area contributed by atoms with Crippen LogP contribution in [0.5, 0.6) is 0 Å². The van der Waals surface area contributed by atoms with E-state index in [0.717, 1.165) is 6.26 Å². The first-order chi connectivity index (χ1) is 9.30. The van der Waals surface area contributed by atoms with Crippen molar-refractivity contribution in [3.05, 3.63) is 18.2 Å². The Labute approximate surface area is 115 Å². The molecule has 0 fully saturated rings. The van der Waals surface area contributed by atoms with Gasteiger partial charge in [0.25, 0.3) is 0 Å². The van der Waals surface area contributed by atoms with Crippen LogP contribution >= 0.6 is 0 Å². The highest BCUT2D eigenvalue weighted by molar-refractivity contribution is 7.91. The van der Waals surface area contributed by atoms with Crippen LogP contribution in [0.25, 0.3) is 11.0 Å². The van der Waals surface area contributed by atoms with Crippen molar-refractivity contribution in [3.63, 3.8) is 0 Å². The molecular formula is C11H14N4O4S. The summed E-state index contributed by atoms with van der Waals surface area (Å²) < 4.78 is 29.6. The Morgan fingerprint density at radius 2 is 2.15 bits per heavy atom. The van der Waals surface area contributed by atoms with Gasteiger partial charge >= 0.3 is 6.09 Å². The molecule has 0 aliphatic heterocycles. The third kappa shape index (κ3) is 2.67. The molecule has 2 rings (SSSR count). The summed E-state index contributed by atoms with van der Waals surface area (Å²) in [7, 11) is -3.40. The van der Waals surface area contributed by atoms with E-state index < -0.39 is 15.9 Å². The number of carbonyl (C=O) groups is 1. The molecule has 0 atom stereocenters. The molecule has 9 heteroatoms. The van der Waals surface area contributed by atoms with Crippen molar-refractivity contribution in [3.8, 4) is 0 Å². The van der Waals surface area contributed by atoms with Gasteiger partial charge in [0.2, 0.25) is 5.95 Å². The number of primary amides is 1. The Bertz CT molecular complexity index is 766. The van der Waals surface area contributed by atoms with E-state index in [1.165, 1.54) is 6.07 Å². The lowest BCUT2D eigenvalue weighted by atomic mass is 10.3. The molecule has 1 amide bonds. The molecule has 1 aromatic carbocycles. The van der Waals surface area contributed by atoms with E-state index in [1.54, 1.807) is 16.7 Å². The second-order valence-electron chi connectivity index (χ2n) is 4.19. The molecule has 2 aromatic rings. The normalized spacial score (nSPS) is 11.7. The average molecular weight is 298 g/mol. The number of hydrogen-bond donors (Lipinski definition) is 2. The van der Waals surface area contributed by atoms with Gasteiger partial charge < -0.3 is 20.8 Å². The van der Waals surface area contributed by atoms with E-state index in [4.69, 9.17) is 11.5 Å². The standard InChI is InChI=1S/C11H14N4O4S/c1-20(17,18)8-4-2-3-7-9(8)14-10(12)15(7)5-6-19-11(13)16/h2-4H,5-6H2,1H3,(H2,12,14)(H2,13,16). The number of sulfone groups is 1. The van der Waals surface area contributed by atoms with Crippen molar-refractivity contribution in [1.82, 2.24) is 9.55 Å². The predicted molar refractivity (Wildman–Crippen MR) is 72.8 cm³/mol. The lowest BCUT2D eigenvalue weighted by Crippen LogP contribution is -2.17. The Morgan fingerprint density at radius 3 is 2.75 bits per heavy atom. The highest BCUT2D eigenvalue weighted by Crippen LogP contribution is 2.24. The van der Waals surface area contributed by atoms with Gasteiger partial charge in [-0.3, -0.25) is 0 Å². The topological polar surface area (TPSA) is 130 Å². The van der Waals surface area contributed by atoms with E-state index in [9.17, 15) is 13.2 Å². The van der Waals surface area contributed by atoms with Gasteiger partial charge in [-0.2, -0.15) is 0 Å². The van der Waals surface area contributed by atoms with Crippen molar-refractivity contribution >= 4 is 32.9 Å². The van der Waals surface area contributed by atoms with Crippen LogP contribution in [0.4, 0.5) is 10.7 Å². The largest absolute Gasteiger partial charge is 0.448 e. The minimum atomic E-state index is -3.40. The van der Waals surface area contributed by atoms with Gasteiger partial charge in [0, 0.05) is 6.26 Å². The molecule has 0 aliphatic carbocycles. The first-order valence-electron chi connectivity index (χ1n) is 5.67. The van der Waals surface area contributed by atoms with Crippen LogP contribution in [0.15, 0.2) is 23.1 Å². The van der Waals surface area contributed by atoms with Crippen LogP contribution in [0.2, 0.25) is 0 Å². The number of carbonyl (C=O) groups excluding carboxylic acids is 1. The zero-order valence-electron chi connectivity index (χ0n) is 10.7. The van der Waals surface area contributed by atoms with Crippen LogP contribution in [0.1, 0.15) is 0 Å². The number of nitrogens with two attached hydrogens (primary N) is 2. The Kier molecular flexibility index (Phi) is 3.53. The van der Waals surface area contributed by atoms with E-state index in [0.29, 0.717) is 11.0 Å². The summed E-state index contributed by atoms with van der Waals surface area (Å²) in [6, 6.07) is 4.76. The highest BCUT2D eigenvalue weighted by Gasteiger charge is 2.17. The first-order valence-corrected chi connectivity index (χ1v) is 7.57. The quantitative estimate of drug-likeness (QED) is 0.824. The minimum Gasteiger partial charge on any atom is -0.448 e. The SMILES string of the molecule is CS(=O)(=O)c1cccc2c1nc(N)n2CCOC(N)=O. The number of benzene rings is 1. The molecule has 8 nitrogen and oxygen atoms in total. The third-order valence-electron chi connectivity index (χ3n) is 2.73. The van der Waals surface area contributed by atoms with Crippen molar-refractivity contribution in [2.45, 2.75) is 11.4 Å². The number of nitrogen functional groups attached to an aromatic ring is 1. The van der Waals surface area contributed by atoms with Gasteiger partial charge in [0.1, 0.15) is 12.1 Å². The van der Waals surface area contributed by atoms with Crippen molar-refractivity contribution in [2.24, 2.45) is 5.73 Å². The minimum absolute atomic E-state index is 0.0219. The first kappa shape index (κ1) is 14.1. The number of aromatic nitrogens is 2. The number of para-hydroxylation sites is 1. The van der Waals surface area contributed by atoms with Gasteiger partial charge in [0.05, 0.1) is 17.0 Å². The Balaban J connectivity index is 2.47. The van der Waals surface area contributed by atoms with Gasteiger partial charge in [-0.25, -0.2) is 18.2 Å². The number of hydrogen-bond acceptors (Lipinski definition) is 6. The van der Waals surface area contributed by atoms with Crippen molar-refractivity contribution < 1.29 is 17.9 Å². The summed E-state index contributed by atoms with van der Waals surface area (Å²) in [5.41, 5.74) is 11.5. The maximum absolute atomic E-state index is 11.7. The maximum Gasteiger partial charge on any atom is 0.404 e. The molecule has 4 N–H and O–H groups in total. The van der Waals surface area contributed by atoms with E-state index >= 15 is 0 Å². The number of imidazole rings is 1. The zero-order valence-corrected chi connectivity index (χ0v) is 11.6. The van der Waals surface area contributed by atoms with Crippen LogP contribution in [0, 0.1) is 0 Å². The smallest absolute Gasteiger partial charge is 0.404 e. The number of ether oxygens (including phenoxy) is 1. The molecule has 0 saturated heterocycles. The number of rotatable bonds is 4. The number of nitrogens with zero attached hydrogens (tertiary/aromatic N) is 2. The molecule has 0 bridgehead atoms. The average Bonchev–Trinajstić information content (AvgIpc) is 2.64. The third-order valence-corrected chi connectivity index (χ3v) is 3.86. The molecule has 0 saturated carbocycles. The van der Waals surface area contributed by atoms with Crippen molar-refractivity contribution in [1.29, 1.82) is 0 Å². The van der Waals surface area contributed by atoms with Crippen LogP contribution in [-0.2, 0) is 21.1 Å². The number of amides is 1. The predicted octanol–water partition coefficient (Wildman–Crippen LogP) is 0.117. The van der Waals surface area contributed by atoms with Crippen LogP contribution < -0.4 is 11.5 Å². The molecule has 0 radical (unpaired) electrons. The summed E-state index contributed by atoms with van der Waals surface area (Å²) in [4.78, 5) is 14.7. The highest BCUT2D eigenvalue weighted by atomic mass is 32.2. The fourth-order valence-electron chi connectivity index (χ4n) is 1.91. The van der Waals surface area contributed by atoms with Gasteiger partial charge in [0.15, 0.2) is 9.84 Å². The van der Waals surface area contributed by atoms with Crippen molar-refractivity contribution in [2.75, 3.05) is 18.6 Å². The fourth-order valence-corrected chi connectivity index (χ4v) is 2.74. The van der Waals surface area contributed by atoms with Crippen LogP contribution in [0.3, 0.4) is 0 Å². The lowest BCUT2D eigenvalue weighted by Gasteiger charge is -2.06. The van der Waals surface area contributed by atoms with E-state index in [-0.39, 0.29) is 24.0 Å². The summed E-state index contributed by atoms with van der Waals surface area (Å²) in [5.74, 6) is 0.143. The van der Waals surface area contributed by atoms with Gasteiger partial charge in [-0.05, 0) is 12.1 Å². The second-order valence-corrected chi connectivity index (χ2v) is 6.17. The molecule has 0 spiro atoms. The molecular weight excluding hydrogens is 284 g/mol. The zero-order chi connectivity index (χ0) is 14.9. The summed E-state index contributed by atoms with van der Waals surface area (Å²) in [6.45, 7) is 0.257. The van der Waals surface area contributed by atoms with E-state index in [2.05, 4.69) is 9.72 Å². The summed E-state index contributed by atoms with van der Waals surface area (Å²) in [5, 5.41) is 0. The summed E-state index contributed by atoms with van der Waals surface area (Å²) >= 11 is 0. The number of anilines is 1. The van der Waals surface area contributed by atoms with Crippen LogP contribution in [-0.4, -0.2) is 36.9 Å². The Hall–Kier alpha value is -2.29. The number of fused-ring (bicyclic) bond motifs is 1. The molecule has 0 aliphatic rings. The second kappa shape index (κ2) is 5.00. The van der Waals surface area contributed by atoms with Gasteiger partial charge in [-0.15, -0.1) is 0 Å². The maximum atomic E-state index is 11.7. The molecule has 20 heavy (non-hydrogen) atoms. The molecule has 0 unspecified atom stereocenters. The molecule has 1 aromatic heterocycles. The molecule has 1 heterocycles. The van der Waals surface area contributed by atoms with E-state index in [1.807, 2.05) is 0 Å². The fraction of sp³-hybridized carbons (Fsp3) is 0.273. The Morgan fingerprint density at radius 1 is 1.45 bits per heavy atom. The lowest BCUT2D eigenvalue weighted by molar-refractivity contribution is 0.153. The summed E-state index contributed by atoms with van der Waals surface area (Å²) in [6.07, 6.45) is 0.220. The van der Waals surface area contributed by atoms with Gasteiger partial charge in [-0.1, -0.05) is 6.07 Å². The monoisotopic (exact) mass is 298 g/mol.